The van der Waals surface area contributed by atoms with Crippen molar-refractivity contribution in [2.24, 2.45) is 0 Å². The predicted octanol–water partition coefficient (Wildman–Crippen LogP) is 4.12. The van der Waals surface area contributed by atoms with Gasteiger partial charge in [-0.15, -0.1) is 11.3 Å². The Balaban J connectivity index is 2.20. The molecule has 0 aliphatic rings. The molecule has 24 heavy (non-hydrogen) atoms. The van der Waals surface area contributed by atoms with Gasteiger partial charge in [0.25, 0.3) is 0 Å². The van der Waals surface area contributed by atoms with Crippen molar-refractivity contribution in [3.8, 4) is 0 Å². The van der Waals surface area contributed by atoms with Crippen molar-refractivity contribution in [2.45, 2.75) is 33.6 Å². The van der Waals surface area contributed by atoms with Crippen molar-refractivity contribution in [2.75, 3.05) is 11.9 Å². The number of benzene rings is 1. The lowest BCUT2D eigenvalue weighted by Crippen LogP contribution is -2.17. The van der Waals surface area contributed by atoms with E-state index in [9.17, 15) is 14.0 Å². The second-order valence-corrected chi connectivity index (χ2v) is 6.49. The highest BCUT2D eigenvalue weighted by molar-refractivity contribution is 7.16. The van der Waals surface area contributed by atoms with Gasteiger partial charge >= 0.3 is 5.97 Å². The van der Waals surface area contributed by atoms with Gasteiger partial charge in [-0.2, -0.15) is 0 Å². The molecule has 0 unspecified atom stereocenters. The van der Waals surface area contributed by atoms with Crippen LogP contribution in [-0.4, -0.2) is 18.5 Å². The summed E-state index contributed by atoms with van der Waals surface area (Å²) in [7, 11) is 0. The highest BCUT2D eigenvalue weighted by Crippen LogP contribution is 2.34. The number of hydrogen-bond acceptors (Lipinski definition) is 4. The van der Waals surface area contributed by atoms with Gasteiger partial charge in [0.1, 0.15) is 10.8 Å². The maximum Gasteiger partial charge on any atom is 0.341 e. The largest absolute Gasteiger partial charge is 0.462 e. The first-order chi connectivity index (χ1) is 11.5. The number of ether oxygens (including phenoxy) is 1. The van der Waals surface area contributed by atoms with E-state index in [4.69, 9.17) is 4.74 Å². The number of halogens is 1. The van der Waals surface area contributed by atoms with E-state index < -0.39 is 5.97 Å². The van der Waals surface area contributed by atoms with E-state index in [0.717, 1.165) is 10.4 Å². The number of carbonyl (C=O) groups excluding carboxylic acids is 2. The van der Waals surface area contributed by atoms with Crippen LogP contribution in [-0.2, 0) is 22.4 Å². The molecule has 1 aromatic heterocycles. The van der Waals surface area contributed by atoms with Gasteiger partial charge in [-0.25, -0.2) is 9.18 Å². The first-order valence-electron chi connectivity index (χ1n) is 7.79. The van der Waals surface area contributed by atoms with E-state index in [2.05, 4.69) is 5.32 Å². The summed E-state index contributed by atoms with van der Waals surface area (Å²) >= 11 is 1.37. The zero-order valence-electron chi connectivity index (χ0n) is 13.9. The maximum absolute atomic E-state index is 12.9. The van der Waals surface area contributed by atoms with Gasteiger partial charge in [-0.1, -0.05) is 19.1 Å². The smallest absolute Gasteiger partial charge is 0.341 e. The summed E-state index contributed by atoms with van der Waals surface area (Å²) in [6.45, 7) is 5.90. The molecule has 0 atom stereocenters. The zero-order valence-corrected chi connectivity index (χ0v) is 14.8. The number of rotatable bonds is 6. The molecular weight excluding hydrogens is 329 g/mol. The van der Waals surface area contributed by atoms with Crippen molar-refractivity contribution < 1.29 is 18.7 Å². The number of carbonyl (C=O) groups is 2. The highest BCUT2D eigenvalue weighted by Gasteiger charge is 2.23. The Labute approximate surface area is 144 Å². The van der Waals surface area contributed by atoms with Crippen LogP contribution in [0.4, 0.5) is 9.39 Å². The van der Waals surface area contributed by atoms with Gasteiger partial charge in [0.2, 0.25) is 5.91 Å². The van der Waals surface area contributed by atoms with E-state index in [1.165, 1.54) is 23.5 Å². The van der Waals surface area contributed by atoms with Crippen LogP contribution in [0.25, 0.3) is 0 Å². The normalized spacial score (nSPS) is 10.5. The number of aryl methyl sites for hydroxylation is 1. The average molecular weight is 349 g/mol. The Morgan fingerprint density at radius 1 is 1.21 bits per heavy atom. The Morgan fingerprint density at radius 3 is 2.46 bits per heavy atom. The molecule has 0 saturated carbocycles. The molecule has 6 heteroatoms. The highest BCUT2D eigenvalue weighted by atomic mass is 32.1. The molecule has 2 rings (SSSR count). The van der Waals surface area contributed by atoms with Gasteiger partial charge in [0.05, 0.1) is 18.6 Å². The first-order valence-corrected chi connectivity index (χ1v) is 8.61. The minimum atomic E-state index is -0.421. The van der Waals surface area contributed by atoms with Gasteiger partial charge in [-0.05, 0) is 43.5 Å². The second kappa shape index (κ2) is 8.06. The summed E-state index contributed by atoms with van der Waals surface area (Å²) in [4.78, 5) is 25.5. The number of nitrogens with one attached hydrogen (secondary N) is 1. The summed E-state index contributed by atoms with van der Waals surface area (Å²) < 4.78 is 18.0. The molecule has 1 heterocycles. The number of amides is 1. The van der Waals surface area contributed by atoms with E-state index in [0.29, 0.717) is 22.5 Å². The number of anilines is 1. The molecular formula is C18H20FNO3S. The van der Waals surface area contributed by atoms with Crippen LogP contribution in [0, 0.1) is 12.7 Å². The van der Waals surface area contributed by atoms with Crippen LogP contribution in [0.3, 0.4) is 0 Å². The van der Waals surface area contributed by atoms with Crippen molar-refractivity contribution >= 4 is 28.2 Å². The van der Waals surface area contributed by atoms with Crippen molar-refractivity contribution in [3.63, 3.8) is 0 Å². The first kappa shape index (κ1) is 18.1. The molecule has 0 aliphatic carbocycles. The fourth-order valence-corrected chi connectivity index (χ4v) is 3.62. The Morgan fingerprint density at radius 2 is 1.88 bits per heavy atom. The standard InChI is InChI=1S/C18H20FNO3S/c1-4-14-11(3)24-17(16(14)18(22)23-5-2)20-15(21)10-12-6-8-13(19)9-7-12/h6-9H,4-5,10H2,1-3H3,(H,20,21). The van der Waals surface area contributed by atoms with Crippen LogP contribution in [0.15, 0.2) is 24.3 Å². The molecule has 4 nitrogen and oxygen atoms in total. The van der Waals surface area contributed by atoms with Crippen molar-refractivity contribution in [1.29, 1.82) is 0 Å². The van der Waals surface area contributed by atoms with E-state index in [1.807, 2.05) is 13.8 Å². The Bertz CT molecular complexity index is 737. The Kier molecular flexibility index (Phi) is 6.09. The topological polar surface area (TPSA) is 55.4 Å². The molecule has 0 spiro atoms. The molecule has 128 valence electrons. The molecule has 0 bridgehead atoms. The van der Waals surface area contributed by atoms with Crippen LogP contribution in [0.1, 0.15) is 40.2 Å². The molecule has 0 radical (unpaired) electrons. The van der Waals surface area contributed by atoms with Gasteiger partial charge in [0, 0.05) is 4.88 Å². The van der Waals surface area contributed by atoms with Crippen LogP contribution in [0.2, 0.25) is 0 Å². The summed E-state index contributed by atoms with van der Waals surface area (Å²) in [6, 6.07) is 5.77. The summed E-state index contributed by atoms with van der Waals surface area (Å²) in [5.74, 6) is -1.02. The molecule has 0 fully saturated rings. The third-order valence-corrected chi connectivity index (χ3v) is 4.64. The molecule has 2 aromatic rings. The summed E-state index contributed by atoms with van der Waals surface area (Å²) in [5.41, 5.74) is 2.04. The number of thiophene rings is 1. The van der Waals surface area contributed by atoms with Crippen LogP contribution in [0.5, 0.6) is 0 Å². The van der Waals surface area contributed by atoms with E-state index in [-0.39, 0.29) is 24.8 Å². The zero-order chi connectivity index (χ0) is 17.7. The van der Waals surface area contributed by atoms with Crippen molar-refractivity contribution in [3.05, 3.63) is 51.7 Å². The third-order valence-electron chi connectivity index (χ3n) is 3.57. The van der Waals surface area contributed by atoms with Crippen molar-refractivity contribution in [1.82, 2.24) is 0 Å². The molecule has 0 aliphatic heterocycles. The quantitative estimate of drug-likeness (QED) is 0.798. The third kappa shape index (κ3) is 4.20. The van der Waals surface area contributed by atoms with E-state index in [1.54, 1.807) is 19.1 Å². The fraction of sp³-hybridized carbons (Fsp3) is 0.333. The van der Waals surface area contributed by atoms with Gasteiger partial charge < -0.3 is 10.1 Å². The van der Waals surface area contributed by atoms with E-state index >= 15 is 0 Å². The van der Waals surface area contributed by atoms with Gasteiger partial charge in [-0.3, -0.25) is 4.79 Å². The Hall–Kier alpha value is -2.21. The van der Waals surface area contributed by atoms with Crippen LogP contribution < -0.4 is 5.32 Å². The molecule has 0 saturated heterocycles. The SMILES string of the molecule is CCOC(=O)c1c(NC(=O)Cc2ccc(F)cc2)sc(C)c1CC. The molecule has 1 aromatic carbocycles. The lowest BCUT2D eigenvalue weighted by atomic mass is 10.1. The predicted molar refractivity (Wildman–Crippen MR) is 93.1 cm³/mol. The molecule has 1 N–H and O–H groups in total. The fourth-order valence-electron chi connectivity index (χ4n) is 2.47. The molecule has 1 amide bonds. The monoisotopic (exact) mass is 349 g/mol. The minimum absolute atomic E-state index is 0.112. The minimum Gasteiger partial charge on any atom is -0.462 e. The average Bonchev–Trinajstić information content (AvgIpc) is 2.85. The number of esters is 1. The van der Waals surface area contributed by atoms with Crippen LogP contribution >= 0.6 is 11.3 Å². The lowest BCUT2D eigenvalue weighted by molar-refractivity contribution is -0.115. The summed E-state index contributed by atoms with van der Waals surface area (Å²) in [5, 5.41) is 3.30. The maximum atomic E-state index is 12.9. The lowest BCUT2D eigenvalue weighted by Gasteiger charge is -2.08. The number of hydrogen-bond donors (Lipinski definition) is 1. The van der Waals surface area contributed by atoms with Gasteiger partial charge in [0.15, 0.2) is 0 Å². The summed E-state index contributed by atoms with van der Waals surface area (Å²) in [6.07, 6.45) is 0.797. The second-order valence-electron chi connectivity index (χ2n) is 5.27.